The predicted octanol–water partition coefficient (Wildman–Crippen LogP) is 2.42. The van der Waals surface area contributed by atoms with Gasteiger partial charge in [0, 0.05) is 5.56 Å². The molecule has 0 amide bonds. The quantitative estimate of drug-likeness (QED) is 0.385. The molecule has 1 heterocycles. The van der Waals surface area contributed by atoms with E-state index in [4.69, 9.17) is 5.53 Å². The summed E-state index contributed by atoms with van der Waals surface area (Å²) in [5, 5.41) is 10.3. The molecule has 1 N–H and O–H groups in total. The molecule has 0 bridgehead atoms. The highest BCUT2D eigenvalue weighted by Crippen LogP contribution is 2.10. The van der Waals surface area contributed by atoms with Crippen molar-refractivity contribution in [1.82, 2.24) is 0 Å². The minimum absolute atomic E-state index is 1.04. The largest absolute Gasteiger partial charge is 0.185 e. The van der Waals surface area contributed by atoms with E-state index >= 15 is 0 Å². The van der Waals surface area contributed by atoms with Crippen molar-refractivity contribution in [2.24, 2.45) is 10.3 Å². The number of thiophene rings is 1. The van der Waals surface area contributed by atoms with Crippen LogP contribution in [0.5, 0.6) is 0 Å². The molecule has 0 radical (unpaired) electrons. The minimum atomic E-state index is 1.04. The van der Waals surface area contributed by atoms with Crippen LogP contribution >= 0.6 is 11.3 Å². The van der Waals surface area contributed by atoms with Gasteiger partial charge in [0.15, 0.2) is 0 Å². The monoisotopic (exact) mass is 153 g/mol. The van der Waals surface area contributed by atoms with Crippen LogP contribution in [0.3, 0.4) is 0 Å². The summed E-state index contributed by atoms with van der Waals surface area (Å²) in [5.74, 6) is 0. The van der Waals surface area contributed by atoms with Crippen molar-refractivity contribution in [2.75, 3.05) is 0 Å². The van der Waals surface area contributed by atoms with Gasteiger partial charge in [-0.1, -0.05) is 5.22 Å². The van der Waals surface area contributed by atoms with Crippen molar-refractivity contribution in [3.05, 3.63) is 21.9 Å². The third-order valence-electron chi connectivity index (χ3n) is 1.15. The first-order chi connectivity index (χ1) is 4.84. The van der Waals surface area contributed by atoms with Crippen molar-refractivity contribution >= 4 is 17.6 Å². The van der Waals surface area contributed by atoms with Crippen LogP contribution in [-0.4, -0.2) is 6.21 Å². The van der Waals surface area contributed by atoms with Crippen LogP contribution in [0.4, 0.5) is 0 Å². The maximum Gasteiger partial charge on any atom is 0.0597 e. The van der Waals surface area contributed by atoms with Crippen molar-refractivity contribution in [3.8, 4) is 0 Å². The van der Waals surface area contributed by atoms with E-state index in [-0.39, 0.29) is 0 Å². The third-order valence-corrected chi connectivity index (χ3v) is 2.03. The van der Waals surface area contributed by atoms with Gasteiger partial charge >= 0.3 is 0 Å². The van der Waals surface area contributed by atoms with Crippen LogP contribution in [-0.2, 0) is 0 Å². The van der Waals surface area contributed by atoms with Gasteiger partial charge in [-0.15, -0.1) is 5.10 Å². The second kappa shape index (κ2) is 3.22. The Morgan fingerprint density at radius 2 is 2.40 bits per heavy atom. The van der Waals surface area contributed by atoms with Crippen LogP contribution in [0.2, 0.25) is 0 Å². The molecule has 0 saturated heterocycles. The summed E-state index contributed by atoms with van der Waals surface area (Å²) in [6.07, 6.45) is 1.58. The highest BCUT2D eigenvalue weighted by Gasteiger charge is 1.92. The average Bonchev–Trinajstić information content (AvgIpc) is 2.31. The number of hydrogen-bond acceptors (Lipinski definition) is 3. The molecule has 0 spiro atoms. The molecule has 0 saturated carbocycles. The second-order valence-corrected chi connectivity index (χ2v) is 2.60. The molecule has 0 unspecified atom stereocenters. The lowest BCUT2D eigenvalue weighted by Gasteiger charge is -1.83. The predicted molar refractivity (Wildman–Crippen MR) is 41.8 cm³/mol. The fourth-order valence-electron chi connectivity index (χ4n) is 0.594. The molecule has 0 aliphatic rings. The standard InChI is InChI=1S/C6H7N3S/c1-5-3-10-4-6(5)2-8-9-7/h2-4,7H,1H3/b8-2-,9-7?. The molecule has 0 aliphatic carbocycles. The maximum absolute atomic E-state index is 6.41. The summed E-state index contributed by atoms with van der Waals surface area (Å²) in [6, 6.07) is 0. The van der Waals surface area contributed by atoms with E-state index in [2.05, 4.69) is 10.3 Å². The molecule has 0 atom stereocenters. The fraction of sp³-hybridized carbons (Fsp3) is 0.167. The van der Waals surface area contributed by atoms with Crippen molar-refractivity contribution in [2.45, 2.75) is 6.92 Å². The molecule has 1 aromatic rings. The molecule has 0 fully saturated rings. The number of rotatable bonds is 2. The summed E-state index contributed by atoms with van der Waals surface area (Å²) in [4.78, 5) is 0. The Kier molecular flexibility index (Phi) is 2.28. The zero-order valence-electron chi connectivity index (χ0n) is 5.53. The SMILES string of the molecule is Cc1cscc1/C=N\N=N. The van der Waals surface area contributed by atoms with Gasteiger partial charge in [0.25, 0.3) is 0 Å². The van der Waals surface area contributed by atoms with Crippen LogP contribution < -0.4 is 0 Å². The fourth-order valence-corrected chi connectivity index (χ4v) is 1.40. The average molecular weight is 153 g/mol. The van der Waals surface area contributed by atoms with Gasteiger partial charge in [0.05, 0.1) is 6.21 Å². The normalized spacial score (nSPS) is 10.5. The Bertz CT molecular complexity index is 251. The van der Waals surface area contributed by atoms with E-state index in [1.54, 1.807) is 17.6 Å². The number of hydrogen-bond donors (Lipinski definition) is 1. The van der Waals surface area contributed by atoms with Gasteiger partial charge in [0.2, 0.25) is 0 Å². The van der Waals surface area contributed by atoms with Crippen molar-refractivity contribution in [3.63, 3.8) is 0 Å². The Hall–Kier alpha value is -1.03. The smallest absolute Gasteiger partial charge is 0.0597 e. The zero-order valence-corrected chi connectivity index (χ0v) is 6.35. The molecule has 0 aromatic carbocycles. The number of nitrogens with zero attached hydrogens (tertiary/aromatic N) is 2. The summed E-state index contributed by atoms with van der Waals surface area (Å²) in [7, 11) is 0. The summed E-state index contributed by atoms with van der Waals surface area (Å²) in [5.41, 5.74) is 8.63. The van der Waals surface area contributed by atoms with Gasteiger partial charge < -0.3 is 0 Å². The van der Waals surface area contributed by atoms with Crippen molar-refractivity contribution in [1.29, 1.82) is 5.53 Å². The van der Waals surface area contributed by atoms with Crippen LogP contribution in [0, 0.1) is 12.5 Å². The Balaban J connectivity index is 2.83. The van der Waals surface area contributed by atoms with E-state index < -0.39 is 0 Å². The van der Waals surface area contributed by atoms with Gasteiger partial charge in [-0.25, -0.2) is 0 Å². The zero-order chi connectivity index (χ0) is 7.40. The first-order valence-electron chi connectivity index (χ1n) is 2.77. The summed E-state index contributed by atoms with van der Waals surface area (Å²) in [6.45, 7) is 2.00. The molecule has 0 aliphatic heterocycles. The van der Waals surface area contributed by atoms with Crippen LogP contribution in [0.1, 0.15) is 11.1 Å². The molecule has 1 aromatic heterocycles. The second-order valence-electron chi connectivity index (χ2n) is 1.85. The van der Waals surface area contributed by atoms with Crippen LogP contribution in [0.25, 0.3) is 0 Å². The van der Waals surface area contributed by atoms with Crippen molar-refractivity contribution < 1.29 is 0 Å². The lowest BCUT2D eigenvalue weighted by molar-refractivity contribution is 0.996. The highest BCUT2D eigenvalue weighted by atomic mass is 32.1. The molecule has 1 rings (SSSR count). The van der Waals surface area contributed by atoms with E-state index in [1.807, 2.05) is 17.7 Å². The third kappa shape index (κ3) is 1.48. The Morgan fingerprint density at radius 1 is 1.60 bits per heavy atom. The first-order valence-corrected chi connectivity index (χ1v) is 3.71. The van der Waals surface area contributed by atoms with Gasteiger partial charge in [-0.3, -0.25) is 0 Å². The topological polar surface area (TPSA) is 48.6 Å². The van der Waals surface area contributed by atoms with Crippen LogP contribution in [0.15, 0.2) is 21.1 Å². The molecule has 10 heavy (non-hydrogen) atoms. The van der Waals surface area contributed by atoms with E-state index in [9.17, 15) is 0 Å². The lowest BCUT2D eigenvalue weighted by atomic mass is 10.2. The summed E-state index contributed by atoms with van der Waals surface area (Å²) >= 11 is 1.62. The summed E-state index contributed by atoms with van der Waals surface area (Å²) < 4.78 is 0. The molecular formula is C6H7N3S. The van der Waals surface area contributed by atoms with Gasteiger partial charge in [-0.05, 0) is 23.2 Å². The lowest BCUT2D eigenvalue weighted by Crippen LogP contribution is -1.76. The van der Waals surface area contributed by atoms with E-state index in [1.165, 1.54) is 5.56 Å². The molecule has 4 heteroatoms. The molecule has 52 valence electrons. The van der Waals surface area contributed by atoms with E-state index in [0.717, 1.165) is 5.56 Å². The Labute approximate surface area is 62.9 Å². The maximum atomic E-state index is 6.41. The van der Waals surface area contributed by atoms with Gasteiger partial charge in [0.1, 0.15) is 0 Å². The first kappa shape index (κ1) is 7.08. The molecular weight excluding hydrogens is 146 g/mol. The van der Waals surface area contributed by atoms with Gasteiger partial charge in [-0.2, -0.15) is 16.9 Å². The minimum Gasteiger partial charge on any atom is -0.185 e. The number of nitrogens with one attached hydrogen (secondary N) is 1. The number of aryl methyl sites for hydroxylation is 1. The Morgan fingerprint density at radius 3 is 2.90 bits per heavy atom. The highest BCUT2D eigenvalue weighted by molar-refractivity contribution is 7.08. The van der Waals surface area contributed by atoms with E-state index in [0.29, 0.717) is 0 Å². The molecule has 3 nitrogen and oxygen atoms in total.